The molecule has 0 saturated heterocycles. The van der Waals surface area contributed by atoms with Gasteiger partial charge in [-0.3, -0.25) is 14.4 Å². The Balaban J connectivity index is 0.000000177. The van der Waals surface area contributed by atoms with Crippen molar-refractivity contribution in [3.8, 4) is 68.3 Å². The fraction of sp³-hybridized carbons (Fsp3) is 0.310. The number of allylic oxidation sites excluding steroid dienone is 1. The van der Waals surface area contributed by atoms with E-state index in [4.69, 9.17) is 51.4 Å². The standard InChI is InChI=1S/C29H33N7O2.C28H30N6O3.C27H28N6O2.3CH4/c1-35(2)18-6-9-25(37)33-21-12-14-22(15-13-21)36-29-26(28(30)31-19-32-29)27(34-36)20-10-16-24(17-11-20)38-23-7-4-3-5-8-23;1-36-17-5-8-24(35)32-20-11-13-21(14-12-20)34-28-25(27(29)30-18-31-28)26(33-34)19-9-15-23(16-10-19)37-22-6-3-2-4-7-22;1-2-6-23(34)31-19-11-13-20(14-12-19)33-27-24(26(28)29-17-30-27)25(32-33)18-9-15-22(16-10-18)35-21-7-4-3-5-8-21;;;/h3-11,16-17,19,21-22H,12-15,18H2,1-2H3,(H,33,37)(H2,30,31,32);2-10,15-16,18,20-21H,11-14,17H2,1H3,(H,32,35)(H2,29,30,31);2-10,15-17,19-20H,11-14H2,1H3,(H,31,34)(H2,28,29,30);3*1H4/b9-6+;8-5+;6-2+;;;. The summed E-state index contributed by atoms with van der Waals surface area (Å²) in [6.07, 6.45) is 25.0. The van der Waals surface area contributed by atoms with Gasteiger partial charge in [0.05, 0.1) is 40.9 Å². The van der Waals surface area contributed by atoms with Gasteiger partial charge in [0.1, 0.15) is 88.0 Å². The number of nitrogen functional groups attached to an aromatic ring is 3. The van der Waals surface area contributed by atoms with Crippen LogP contribution in [0.15, 0.2) is 219 Å². The molecule has 6 aromatic carbocycles. The number of rotatable bonds is 22. The number of likely N-dealkylation sites (N-methyl/N-ethyl adjacent to an activating group) is 1. The Morgan fingerprint density at radius 2 is 0.690 bits per heavy atom. The Hall–Kier alpha value is -12.7. The maximum atomic E-state index is 12.3. The lowest BCUT2D eigenvalue weighted by atomic mass is 9.91. The van der Waals surface area contributed by atoms with Crippen molar-refractivity contribution in [2.45, 2.75) is 143 Å². The predicted octanol–water partition coefficient (Wildman–Crippen LogP) is 16.2. The molecule has 6 aromatic heterocycles. The van der Waals surface area contributed by atoms with Gasteiger partial charge in [0, 0.05) is 60.6 Å². The highest BCUT2D eigenvalue weighted by Gasteiger charge is 2.32. The molecule has 15 rings (SSSR count). The largest absolute Gasteiger partial charge is 0.457 e. The van der Waals surface area contributed by atoms with Crippen molar-refractivity contribution >= 4 is 68.3 Å². The number of fused-ring (bicyclic) bond motifs is 3. The molecule has 0 unspecified atom stereocenters. The van der Waals surface area contributed by atoms with Gasteiger partial charge in [-0.2, -0.15) is 15.3 Å². The smallest absolute Gasteiger partial charge is 0.243 e. The number of aromatic nitrogens is 12. The first kappa shape index (κ1) is 82.8. The minimum Gasteiger partial charge on any atom is -0.457 e. The number of nitrogens with zero attached hydrogens (tertiary/aromatic N) is 13. The Morgan fingerprint density at radius 3 is 0.973 bits per heavy atom. The number of anilines is 3. The number of carbonyl (C=O) groups excluding carboxylic acids is 3. The van der Waals surface area contributed by atoms with Crippen molar-refractivity contribution in [3.05, 3.63) is 219 Å². The molecule has 588 valence electrons. The second-order valence-corrected chi connectivity index (χ2v) is 27.6. The number of nitrogens with two attached hydrogens (primary N) is 3. The summed E-state index contributed by atoms with van der Waals surface area (Å²) in [4.78, 5) is 64.6. The lowest BCUT2D eigenvalue weighted by molar-refractivity contribution is -0.118. The van der Waals surface area contributed by atoms with Gasteiger partial charge in [0.2, 0.25) is 17.7 Å². The number of methoxy groups -OCH3 is 1. The van der Waals surface area contributed by atoms with E-state index in [9.17, 15) is 14.4 Å². The molecule has 113 heavy (non-hydrogen) atoms. The van der Waals surface area contributed by atoms with Crippen LogP contribution in [0.1, 0.15) is 124 Å². The zero-order valence-electron chi connectivity index (χ0n) is 62.1. The average Bonchev–Trinajstić information content (AvgIpc) is 1.63. The number of para-hydroxylation sites is 3. The Labute approximate surface area is 660 Å². The lowest BCUT2D eigenvalue weighted by Gasteiger charge is -2.29. The van der Waals surface area contributed by atoms with Gasteiger partial charge in [0.25, 0.3) is 0 Å². The quantitative estimate of drug-likeness (QED) is 0.0343. The molecule has 3 aliphatic carbocycles. The summed E-state index contributed by atoms with van der Waals surface area (Å²) < 4.78 is 28.7. The van der Waals surface area contributed by atoms with Crippen LogP contribution in [0, 0.1) is 0 Å². The molecule has 3 saturated carbocycles. The first-order valence-corrected chi connectivity index (χ1v) is 37.2. The van der Waals surface area contributed by atoms with Crippen LogP contribution in [0.25, 0.3) is 66.9 Å². The monoisotopic (exact) mass is 1530 g/mol. The summed E-state index contributed by atoms with van der Waals surface area (Å²) in [6.45, 7) is 3.00. The summed E-state index contributed by atoms with van der Waals surface area (Å²) in [5, 5.41) is 26.5. The van der Waals surface area contributed by atoms with E-state index in [2.05, 4.69) is 45.9 Å². The third kappa shape index (κ3) is 21.1. The molecule has 0 bridgehead atoms. The summed E-state index contributed by atoms with van der Waals surface area (Å²) in [5.41, 5.74) is 26.1. The number of carbonyl (C=O) groups is 3. The first-order valence-electron chi connectivity index (χ1n) is 37.2. The number of ether oxygens (including phenoxy) is 4. The lowest BCUT2D eigenvalue weighted by Crippen LogP contribution is -2.37. The Morgan fingerprint density at radius 1 is 0.407 bits per heavy atom. The van der Waals surface area contributed by atoms with E-state index >= 15 is 0 Å². The third-order valence-corrected chi connectivity index (χ3v) is 19.6. The van der Waals surface area contributed by atoms with Crippen molar-refractivity contribution in [2.75, 3.05) is 51.6 Å². The van der Waals surface area contributed by atoms with E-state index in [1.807, 2.05) is 210 Å². The van der Waals surface area contributed by atoms with E-state index in [1.165, 1.54) is 25.1 Å². The summed E-state index contributed by atoms with van der Waals surface area (Å²) in [7, 11) is 5.55. The third-order valence-electron chi connectivity index (χ3n) is 19.6. The number of hydrogen-bond donors (Lipinski definition) is 6. The van der Waals surface area contributed by atoms with Crippen LogP contribution in [-0.4, -0.2) is 134 Å². The van der Waals surface area contributed by atoms with Crippen molar-refractivity contribution in [1.82, 2.24) is 80.1 Å². The second kappa shape index (κ2) is 39.8. The van der Waals surface area contributed by atoms with Gasteiger partial charge < -0.3 is 57.0 Å². The maximum Gasteiger partial charge on any atom is 0.243 e. The van der Waals surface area contributed by atoms with Gasteiger partial charge >= 0.3 is 0 Å². The predicted molar refractivity (Wildman–Crippen MR) is 447 cm³/mol. The molecule has 0 atom stereocenters. The molecule has 0 radical (unpaired) electrons. The Bertz CT molecular complexity index is 5150. The molecule has 12 aromatic rings. The molecule has 6 heterocycles. The van der Waals surface area contributed by atoms with E-state index in [-0.39, 0.29) is 76.3 Å². The molecular weight excluding hydrogens is 1420 g/mol. The fourth-order valence-corrected chi connectivity index (χ4v) is 14.2. The minimum absolute atomic E-state index is 0. The normalized spacial score (nSPS) is 17.4. The van der Waals surface area contributed by atoms with Gasteiger partial charge in [-0.1, -0.05) is 95.1 Å². The highest BCUT2D eigenvalue weighted by Crippen LogP contribution is 2.41. The highest BCUT2D eigenvalue weighted by atomic mass is 16.5. The molecule has 3 amide bonds. The van der Waals surface area contributed by atoms with Gasteiger partial charge in [-0.25, -0.2) is 43.9 Å². The van der Waals surface area contributed by atoms with Crippen LogP contribution >= 0.6 is 0 Å². The molecule has 26 nitrogen and oxygen atoms in total. The molecule has 26 heteroatoms. The molecule has 0 spiro atoms. The van der Waals surface area contributed by atoms with E-state index in [1.54, 1.807) is 31.4 Å². The fourth-order valence-electron chi connectivity index (χ4n) is 14.2. The van der Waals surface area contributed by atoms with E-state index in [0.29, 0.717) is 24.1 Å². The number of benzene rings is 6. The van der Waals surface area contributed by atoms with Crippen LogP contribution < -0.4 is 47.4 Å². The van der Waals surface area contributed by atoms with Crippen molar-refractivity contribution in [2.24, 2.45) is 0 Å². The zero-order chi connectivity index (χ0) is 76.3. The van der Waals surface area contributed by atoms with Crippen LogP contribution in [0.5, 0.6) is 34.5 Å². The van der Waals surface area contributed by atoms with Gasteiger partial charge in [-0.15, -0.1) is 0 Å². The van der Waals surface area contributed by atoms with E-state index < -0.39 is 0 Å². The molecule has 9 N–H and O–H groups in total. The SMILES string of the molecule is C.C.C.C/C=C/C(=O)NC1CCC(n2nc(-c3ccc(Oc4ccccc4)cc3)c3c(N)ncnc32)CC1.CN(C)C/C=C/C(=O)NC1CCC(n2nc(-c3ccc(Oc4ccccc4)cc3)c3c(N)ncnc32)CC1.COC/C=C/C(=O)NC1CCC(n2nc(-c3ccc(Oc4ccccc4)cc3)c3c(N)ncnc32)CC1. The maximum absolute atomic E-state index is 12.3. The van der Waals surface area contributed by atoms with E-state index in [0.717, 1.165) is 185 Å². The topological polar surface area (TPSA) is 336 Å². The summed E-state index contributed by atoms with van der Waals surface area (Å²) in [5.74, 6) is 5.61. The van der Waals surface area contributed by atoms with Crippen LogP contribution in [0.3, 0.4) is 0 Å². The number of nitrogens with one attached hydrogen (secondary N) is 3. The van der Waals surface area contributed by atoms with Crippen LogP contribution in [0.2, 0.25) is 0 Å². The highest BCUT2D eigenvalue weighted by molar-refractivity contribution is 6.00. The minimum atomic E-state index is -0.0902. The molecule has 3 fully saturated rings. The zero-order valence-corrected chi connectivity index (χ0v) is 62.1. The van der Waals surface area contributed by atoms with Gasteiger partial charge in [0.15, 0.2) is 16.9 Å². The van der Waals surface area contributed by atoms with Crippen molar-refractivity contribution in [1.29, 1.82) is 0 Å². The Kier molecular flexibility index (Phi) is 29.2. The average molecular weight is 1530 g/mol. The summed E-state index contributed by atoms with van der Waals surface area (Å²) >= 11 is 0. The van der Waals surface area contributed by atoms with Crippen LogP contribution in [-0.2, 0) is 19.1 Å². The van der Waals surface area contributed by atoms with Gasteiger partial charge in [-0.05, 0) is 213 Å². The molecule has 3 aliphatic rings. The summed E-state index contributed by atoms with van der Waals surface area (Å²) in [6, 6.07) is 53.4. The number of amides is 3. The van der Waals surface area contributed by atoms with Crippen molar-refractivity contribution in [3.63, 3.8) is 0 Å². The molecule has 0 aliphatic heterocycles. The second-order valence-electron chi connectivity index (χ2n) is 27.6. The van der Waals surface area contributed by atoms with Crippen LogP contribution in [0.4, 0.5) is 17.5 Å². The number of hydrogen-bond acceptors (Lipinski definition) is 20. The van der Waals surface area contributed by atoms with Crippen molar-refractivity contribution < 1.29 is 33.3 Å². The first-order chi connectivity index (χ1) is 53.7. The molecular formula is C87H103N19O7.